The summed E-state index contributed by atoms with van der Waals surface area (Å²) in [5.74, 6) is 2.37. The highest BCUT2D eigenvalue weighted by Gasteiger charge is 2.33. The fraction of sp³-hybridized carbons (Fsp3) is 0.500. The third-order valence-electron chi connectivity index (χ3n) is 6.41. The van der Waals surface area contributed by atoms with Crippen molar-refractivity contribution in [3.63, 3.8) is 0 Å². The molecule has 0 amide bonds. The molecule has 0 bridgehead atoms. The largest absolute Gasteiger partial charge is 0.490 e. The van der Waals surface area contributed by atoms with Crippen LogP contribution in [0.4, 0.5) is 5.69 Å². The Balaban J connectivity index is 1.58. The lowest BCUT2D eigenvalue weighted by atomic mass is 10.0. The van der Waals surface area contributed by atoms with Gasteiger partial charge in [-0.05, 0) is 61.7 Å². The number of ether oxygens (including phenoxy) is 3. The van der Waals surface area contributed by atoms with E-state index >= 15 is 0 Å². The number of hydrogen-bond acceptors (Lipinski definition) is 5. The third-order valence-corrected chi connectivity index (χ3v) is 6.41. The van der Waals surface area contributed by atoms with E-state index < -0.39 is 0 Å². The van der Waals surface area contributed by atoms with Crippen LogP contribution in [0.5, 0.6) is 11.5 Å². The highest BCUT2D eigenvalue weighted by Crippen LogP contribution is 2.40. The molecule has 0 saturated carbocycles. The van der Waals surface area contributed by atoms with Crippen LogP contribution < -0.4 is 14.4 Å². The molecule has 2 aliphatic rings. The fourth-order valence-electron chi connectivity index (χ4n) is 4.73. The van der Waals surface area contributed by atoms with Gasteiger partial charge in [-0.3, -0.25) is 4.90 Å². The van der Waals surface area contributed by atoms with Crippen LogP contribution in [-0.4, -0.2) is 57.0 Å². The number of fused-ring (bicyclic) bond motifs is 1. The van der Waals surface area contributed by atoms with Crippen molar-refractivity contribution in [3.8, 4) is 11.5 Å². The highest BCUT2D eigenvalue weighted by molar-refractivity contribution is 5.61. The zero-order chi connectivity index (χ0) is 23.0. The van der Waals surface area contributed by atoms with Crippen molar-refractivity contribution in [2.45, 2.75) is 38.8 Å². The van der Waals surface area contributed by atoms with E-state index in [0.29, 0.717) is 25.2 Å². The van der Waals surface area contributed by atoms with Crippen molar-refractivity contribution >= 4 is 5.69 Å². The Morgan fingerprint density at radius 3 is 2.55 bits per heavy atom. The van der Waals surface area contributed by atoms with Gasteiger partial charge in [0.15, 0.2) is 0 Å². The zero-order valence-corrected chi connectivity index (χ0v) is 20.1. The summed E-state index contributed by atoms with van der Waals surface area (Å²) in [6.45, 7) is 14.1. The summed E-state index contributed by atoms with van der Waals surface area (Å²) in [7, 11) is 0. The predicted octanol–water partition coefficient (Wildman–Crippen LogP) is 5.33. The topological polar surface area (TPSA) is 34.2 Å². The molecule has 1 fully saturated rings. The first-order chi connectivity index (χ1) is 16.2. The number of para-hydroxylation sites is 2. The molecule has 2 aromatic carbocycles. The van der Waals surface area contributed by atoms with Gasteiger partial charge in [0.05, 0.1) is 24.4 Å². The lowest BCUT2D eigenvalue weighted by molar-refractivity contribution is 0.0553. The van der Waals surface area contributed by atoms with Gasteiger partial charge in [-0.25, -0.2) is 0 Å². The van der Waals surface area contributed by atoms with Crippen LogP contribution in [0.2, 0.25) is 0 Å². The number of likely N-dealkylation sites (tertiary alicyclic amines) is 1. The Morgan fingerprint density at radius 1 is 1.06 bits per heavy atom. The highest BCUT2D eigenvalue weighted by atomic mass is 16.5. The van der Waals surface area contributed by atoms with Gasteiger partial charge in [-0.15, -0.1) is 0 Å². The summed E-state index contributed by atoms with van der Waals surface area (Å²) < 4.78 is 18.1. The molecule has 2 aliphatic heterocycles. The first-order valence-corrected chi connectivity index (χ1v) is 12.3. The molecule has 0 aliphatic carbocycles. The maximum absolute atomic E-state index is 6.20. The standard InChI is InChI=1S/C28H38N2O3/c1-4-17-32-25-13-11-23(12-14-25)27-21-33-28-10-6-5-9-26(28)30(27)18-24(20-31-19-22(2)3)29-15-7-8-16-29/h4-6,9-14,22,24,27H,1,7-8,15-21H2,2-3H3. The second-order valence-electron chi connectivity index (χ2n) is 9.44. The molecule has 2 aromatic rings. The number of hydrogen-bond donors (Lipinski definition) is 0. The number of rotatable bonds is 11. The van der Waals surface area contributed by atoms with E-state index in [4.69, 9.17) is 14.2 Å². The van der Waals surface area contributed by atoms with Gasteiger partial charge < -0.3 is 19.1 Å². The summed E-state index contributed by atoms with van der Waals surface area (Å²) >= 11 is 0. The van der Waals surface area contributed by atoms with Crippen molar-refractivity contribution in [2.24, 2.45) is 5.92 Å². The van der Waals surface area contributed by atoms with Crippen molar-refractivity contribution in [1.82, 2.24) is 4.90 Å². The average molecular weight is 451 g/mol. The molecule has 1 saturated heterocycles. The lowest BCUT2D eigenvalue weighted by Gasteiger charge is -2.42. The molecule has 2 heterocycles. The monoisotopic (exact) mass is 450 g/mol. The molecule has 5 heteroatoms. The molecular formula is C28H38N2O3. The Labute approximate surface area is 198 Å². The predicted molar refractivity (Wildman–Crippen MR) is 134 cm³/mol. The van der Waals surface area contributed by atoms with E-state index in [1.165, 1.54) is 18.4 Å². The molecule has 2 unspecified atom stereocenters. The van der Waals surface area contributed by atoms with Gasteiger partial charge in [0, 0.05) is 13.2 Å². The third kappa shape index (κ3) is 6.10. The van der Waals surface area contributed by atoms with Crippen molar-refractivity contribution in [2.75, 3.05) is 51.0 Å². The van der Waals surface area contributed by atoms with Crippen LogP contribution in [0.15, 0.2) is 61.2 Å². The lowest BCUT2D eigenvalue weighted by Crippen LogP contribution is -2.49. The van der Waals surface area contributed by atoms with Crippen LogP contribution in [0.1, 0.15) is 38.3 Å². The minimum Gasteiger partial charge on any atom is -0.490 e. The van der Waals surface area contributed by atoms with Gasteiger partial charge in [-0.1, -0.05) is 50.8 Å². The summed E-state index contributed by atoms with van der Waals surface area (Å²) in [5.41, 5.74) is 2.40. The summed E-state index contributed by atoms with van der Waals surface area (Å²) in [6.07, 6.45) is 4.31. The Hall–Kier alpha value is -2.50. The first-order valence-electron chi connectivity index (χ1n) is 12.3. The van der Waals surface area contributed by atoms with Crippen LogP contribution in [0.25, 0.3) is 0 Å². The van der Waals surface area contributed by atoms with E-state index in [1.807, 2.05) is 18.2 Å². The maximum Gasteiger partial charge on any atom is 0.142 e. The van der Waals surface area contributed by atoms with Gasteiger partial charge >= 0.3 is 0 Å². The molecule has 178 valence electrons. The SMILES string of the molecule is C=CCOc1ccc(C2COc3ccccc3N2CC(COCC(C)C)N2CCCC2)cc1. The van der Waals surface area contributed by atoms with Crippen molar-refractivity contribution in [1.29, 1.82) is 0 Å². The van der Waals surface area contributed by atoms with Crippen molar-refractivity contribution in [3.05, 3.63) is 66.7 Å². The second kappa shape index (κ2) is 11.6. The molecule has 0 N–H and O–H groups in total. The summed E-state index contributed by atoms with van der Waals surface area (Å²) in [6, 6.07) is 17.3. The van der Waals surface area contributed by atoms with Gasteiger partial charge in [-0.2, -0.15) is 0 Å². The quantitative estimate of drug-likeness (QED) is 0.432. The molecule has 4 rings (SSSR count). The molecule has 0 radical (unpaired) electrons. The van der Waals surface area contributed by atoms with E-state index in [2.05, 4.69) is 60.6 Å². The first kappa shape index (κ1) is 23.7. The van der Waals surface area contributed by atoms with Crippen LogP contribution in [0, 0.1) is 5.92 Å². The molecular weight excluding hydrogens is 412 g/mol. The van der Waals surface area contributed by atoms with E-state index in [1.54, 1.807) is 6.08 Å². The van der Waals surface area contributed by atoms with Gasteiger partial charge in [0.1, 0.15) is 24.7 Å². The Morgan fingerprint density at radius 2 is 1.82 bits per heavy atom. The minimum atomic E-state index is 0.142. The zero-order valence-electron chi connectivity index (χ0n) is 20.1. The second-order valence-corrected chi connectivity index (χ2v) is 9.44. The number of nitrogens with zero attached hydrogens (tertiary/aromatic N) is 2. The van der Waals surface area contributed by atoms with E-state index in [9.17, 15) is 0 Å². The molecule has 33 heavy (non-hydrogen) atoms. The van der Waals surface area contributed by atoms with Gasteiger partial charge in [0.2, 0.25) is 0 Å². The summed E-state index contributed by atoms with van der Waals surface area (Å²) in [4.78, 5) is 5.14. The maximum atomic E-state index is 6.20. The van der Waals surface area contributed by atoms with Crippen LogP contribution in [0.3, 0.4) is 0 Å². The molecule has 0 spiro atoms. The Bertz CT molecular complexity index is 877. The minimum absolute atomic E-state index is 0.142. The molecule has 5 nitrogen and oxygen atoms in total. The smallest absolute Gasteiger partial charge is 0.142 e. The average Bonchev–Trinajstić information content (AvgIpc) is 3.37. The van der Waals surface area contributed by atoms with Crippen LogP contribution in [-0.2, 0) is 4.74 Å². The van der Waals surface area contributed by atoms with E-state index in [-0.39, 0.29) is 6.04 Å². The number of benzene rings is 2. The normalized spacial score (nSPS) is 19.2. The number of anilines is 1. The van der Waals surface area contributed by atoms with Crippen LogP contribution >= 0.6 is 0 Å². The molecule has 0 aromatic heterocycles. The molecule has 2 atom stereocenters. The van der Waals surface area contributed by atoms with Crippen molar-refractivity contribution < 1.29 is 14.2 Å². The summed E-state index contributed by atoms with van der Waals surface area (Å²) in [5, 5.41) is 0. The van der Waals surface area contributed by atoms with Gasteiger partial charge in [0.25, 0.3) is 0 Å². The van der Waals surface area contributed by atoms with E-state index in [0.717, 1.165) is 50.0 Å². The Kier molecular flexibility index (Phi) is 8.30. The fourth-order valence-corrected chi connectivity index (χ4v) is 4.73.